The molecule has 2 aliphatic heterocycles. The van der Waals surface area contributed by atoms with Crippen molar-refractivity contribution in [2.75, 3.05) is 0 Å². The zero-order chi connectivity index (χ0) is 16.0. The molecule has 0 fully saturated rings. The van der Waals surface area contributed by atoms with Crippen LogP contribution < -0.4 is 5.56 Å². The van der Waals surface area contributed by atoms with E-state index in [9.17, 15) is 13.6 Å². The molecule has 0 spiro atoms. The van der Waals surface area contributed by atoms with Crippen LogP contribution in [0.1, 0.15) is 5.56 Å². The zero-order valence-electron chi connectivity index (χ0n) is 11.9. The van der Waals surface area contributed by atoms with E-state index in [4.69, 9.17) is 0 Å². The molecule has 0 radical (unpaired) electrons. The van der Waals surface area contributed by atoms with Crippen LogP contribution in [0.3, 0.4) is 0 Å². The maximum Gasteiger partial charge on any atom is 0.275 e. The Balaban J connectivity index is 1.96. The van der Waals surface area contributed by atoms with Crippen LogP contribution in [0.2, 0.25) is 0 Å². The highest BCUT2D eigenvalue weighted by Gasteiger charge is 2.17. The summed E-state index contributed by atoms with van der Waals surface area (Å²) in [6.07, 6.45) is 1.69. The number of benzene rings is 2. The van der Waals surface area contributed by atoms with E-state index in [1.807, 2.05) is 4.57 Å². The summed E-state index contributed by atoms with van der Waals surface area (Å²) >= 11 is 0. The minimum Gasteiger partial charge on any atom is -0.342 e. The van der Waals surface area contributed by atoms with Gasteiger partial charge in [-0.2, -0.15) is 5.10 Å². The second-order valence-electron chi connectivity index (χ2n) is 5.36. The molecule has 2 aliphatic rings. The predicted molar refractivity (Wildman–Crippen MR) is 82.4 cm³/mol. The number of fused-ring (bicyclic) bond motifs is 3. The molecule has 0 saturated carbocycles. The van der Waals surface area contributed by atoms with Gasteiger partial charge in [0.15, 0.2) is 0 Å². The summed E-state index contributed by atoms with van der Waals surface area (Å²) < 4.78 is 28.5. The van der Waals surface area contributed by atoms with Gasteiger partial charge in [0.05, 0.1) is 11.1 Å². The number of hydrogen-bond donors (Lipinski definition) is 1. The highest BCUT2D eigenvalue weighted by Crippen LogP contribution is 2.28. The summed E-state index contributed by atoms with van der Waals surface area (Å²) in [7, 11) is 0. The third kappa shape index (κ3) is 2.28. The Morgan fingerprint density at radius 1 is 1.04 bits per heavy atom. The zero-order valence-corrected chi connectivity index (χ0v) is 11.9. The number of pyridine rings is 1. The number of nitrogens with one attached hydrogen (secondary N) is 1. The van der Waals surface area contributed by atoms with Gasteiger partial charge in [-0.05, 0) is 35.9 Å². The van der Waals surface area contributed by atoms with Crippen molar-refractivity contribution in [2.45, 2.75) is 6.54 Å². The predicted octanol–water partition coefficient (Wildman–Crippen LogP) is 3.16. The lowest BCUT2D eigenvalue weighted by Gasteiger charge is -2.14. The van der Waals surface area contributed by atoms with Crippen LogP contribution in [0.15, 0.2) is 53.5 Å². The van der Waals surface area contributed by atoms with Crippen LogP contribution in [-0.2, 0) is 6.54 Å². The Bertz CT molecular complexity index is 1030. The maximum atomic E-state index is 13.6. The minimum absolute atomic E-state index is 0.308. The van der Waals surface area contributed by atoms with Gasteiger partial charge in [0, 0.05) is 18.1 Å². The highest BCUT2D eigenvalue weighted by atomic mass is 19.1. The van der Waals surface area contributed by atoms with Crippen LogP contribution in [0.5, 0.6) is 0 Å². The number of H-pyrrole nitrogens is 1. The molecule has 2 aromatic carbocycles. The standard InChI is InChI=1S/C17H11F2N3O/c18-11-3-1-10(2-4-11)8-22-9-14-16(20-21-17(14)23)13-7-12(19)5-6-15(13)22/h1-7,9H,8H2,(H,21,23). The molecule has 0 saturated heterocycles. The van der Waals surface area contributed by atoms with Gasteiger partial charge in [-0.1, -0.05) is 12.1 Å². The summed E-state index contributed by atoms with van der Waals surface area (Å²) in [6.45, 7) is 0.434. The molecule has 23 heavy (non-hydrogen) atoms. The van der Waals surface area contributed by atoms with Crippen LogP contribution in [0, 0.1) is 11.6 Å². The Hall–Kier alpha value is -3.02. The first-order valence-electron chi connectivity index (χ1n) is 7.03. The fourth-order valence-electron chi connectivity index (χ4n) is 2.75. The molecule has 6 heteroatoms. The van der Waals surface area contributed by atoms with Crippen molar-refractivity contribution in [3.63, 3.8) is 0 Å². The van der Waals surface area contributed by atoms with Crippen LogP contribution in [0.4, 0.5) is 8.78 Å². The van der Waals surface area contributed by atoms with Gasteiger partial charge in [0.2, 0.25) is 0 Å². The summed E-state index contributed by atoms with van der Waals surface area (Å²) in [5.74, 6) is -0.702. The van der Waals surface area contributed by atoms with Crippen LogP contribution in [-0.4, -0.2) is 14.8 Å². The maximum absolute atomic E-state index is 13.6. The first-order chi connectivity index (χ1) is 11.1. The van der Waals surface area contributed by atoms with Crippen molar-refractivity contribution < 1.29 is 8.78 Å². The SMILES string of the molecule is O=c1[nH]nc2c3cc(F)ccc3n(Cc3ccc(F)cc3)cc1-2. The topological polar surface area (TPSA) is 50.7 Å². The number of rotatable bonds is 2. The molecule has 2 heterocycles. The normalized spacial score (nSPS) is 11.4. The van der Waals surface area contributed by atoms with Crippen molar-refractivity contribution >= 4 is 10.9 Å². The van der Waals surface area contributed by atoms with Gasteiger partial charge in [-0.15, -0.1) is 0 Å². The first-order valence-corrected chi connectivity index (χ1v) is 7.03. The quantitative estimate of drug-likeness (QED) is 0.618. The van der Waals surface area contributed by atoms with Gasteiger partial charge in [0.25, 0.3) is 5.56 Å². The minimum atomic E-state index is -0.395. The van der Waals surface area contributed by atoms with Crippen molar-refractivity contribution in [2.24, 2.45) is 0 Å². The molecular weight excluding hydrogens is 300 g/mol. The summed E-state index contributed by atoms with van der Waals surface area (Å²) in [5, 5.41) is 6.93. The Kier molecular flexibility index (Phi) is 2.97. The molecule has 4 nitrogen and oxygen atoms in total. The average molecular weight is 311 g/mol. The first kappa shape index (κ1) is 13.6. The fraction of sp³-hybridized carbons (Fsp3) is 0.0588. The average Bonchev–Trinajstić information content (AvgIpc) is 2.91. The molecule has 114 valence electrons. The Morgan fingerprint density at radius 3 is 2.57 bits per heavy atom. The molecule has 0 bridgehead atoms. The third-order valence-corrected chi connectivity index (χ3v) is 3.84. The number of hydrogen-bond acceptors (Lipinski definition) is 2. The van der Waals surface area contributed by atoms with E-state index in [0.717, 1.165) is 11.1 Å². The number of nitrogens with zero attached hydrogens (tertiary/aromatic N) is 2. The number of aromatic amines is 1. The number of aromatic nitrogens is 3. The second-order valence-corrected chi connectivity index (χ2v) is 5.36. The van der Waals surface area contributed by atoms with E-state index in [0.29, 0.717) is 23.2 Å². The lowest BCUT2D eigenvalue weighted by molar-refractivity contribution is 0.626. The molecule has 1 N–H and O–H groups in total. The smallest absolute Gasteiger partial charge is 0.275 e. The van der Waals surface area contributed by atoms with Crippen LogP contribution >= 0.6 is 0 Å². The lowest BCUT2D eigenvalue weighted by Crippen LogP contribution is -2.08. The van der Waals surface area contributed by atoms with Crippen molar-refractivity contribution in [3.05, 3.63) is 76.2 Å². The van der Waals surface area contributed by atoms with Gasteiger partial charge in [-0.25, -0.2) is 13.9 Å². The lowest BCUT2D eigenvalue weighted by atomic mass is 10.1. The van der Waals surface area contributed by atoms with Gasteiger partial charge >= 0.3 is 0 Å². The van der Waals surface area contributed by atoms with E-state index < -0.39 is 5.82 Å². The van der Waals surface area contributed by atoms with Crippen molar-refractivity contribution in [1.82, 2.24) is 14.8 Å². The van der Waals surface area contributed by atoms with E-state index in [2.05, 4.69) is 10.2 Å². The second kappa shape index (κ2) is 5.01. The molecule has 4 rings (SSSR count). The summed E-state index contributed by atoms with van der Waals surface area (Å²) in [5.41, 5.74) is 2.14. The molecule has 2 aromatic rings. The van der Waals surface area contributed by atoms with Crippen molar-refractivity contribution in [1.29, 1.82) is 0 Å². The molecule has 0 amide bonds. The van der Waals surface area contributed by atoms with E-state index in [1.165, 1.54) is 24.3 Å². The third-order valence-electron chi connectivity index (χ3n) is 3.84. The van der Waals surface area contributed by atoms with Gasteiger partial charge in [-0.3, -0.25) is 4.79 Å². The largest absolute Gasteiger partial charge is 0.342 e. The van der Waals surface area contributed by atoms with E-state index >= 15 is 0 Å². The molecule has 0 aliphatic carbocycles. The van der Waals surface area contributed by atoms with Crippen molar-refractivity contribution in [3.8, 4) is 11.3 Å². The Morgan fingerprint density at radius 2 is 1.78 bits per heavy atom. The molecule has 0 aromatic heterocycles. The fourth-order valence-corrected chi connectivity index (χ4v) is 2.75. The van der Waals surface area contributed by atoms with Gasteiger partial charge < -0.3 is 4.57 Å². The monoisotopic (exact) mass is 311 g/mol. The highest BCUT2D eigenvalue weighted by molar-refractivity contribution is 5.93. The molecule has 0 unspecified atom stereocenters. The van der Waals surface area contributed by atoms with E-state index in [-0.39, 0.29) is 11.4 Å². The summed E-state index contributed by atoms with van der Waals surface area (Å²) in [6, 6.07) is 10.5. The molecule has 0 atom stereocenters. The number of halogens is 2. The van der Waals surface area contributed by atoms with Crippen LogP contribution in [0.25, 0.3) is 22.2 Å². The van der Waals surface area contributed by atoms with Gasteiger partial charge in [0.1, 0.15) is 17.3 Å². The van der Waals surface area contributed by atoms with E-state index in [1.54, 1.807) is 24.4 Å². The molecular formula is C17H11F2N3O. The summed E-state index contributed by atoms with van der Waals surface area (Å²) in [4.78, 5) is 11.9. The Labute approximate surface area is 129 Å².